The van der Waals surface area contributed by atoms with Gasteiger partial charge in [0, 0.05) is 17.5 Å². The Morgan fingerprint density at radius 1 is 1.28 bits per heavy atom. The van der Waals surface area contributed by atoms with Gasteiger partial charge in [-0.05, 0) is 45.3 Å². The molecular formula is C17H25N3O4S. The Hall–Kier alpha value is -1.93. The van der Waals surface area contributed by atoms with Crippen LogP contribution in [0.4, 0.5) is 5.00 Å². The number of likely N-dealkylation sites (tertiary alicyclic amines) is 1. The minimum atomic E-state index is -0.771. The van der Waals surface area contributed by atoms with Gasteiger partial charge in [-0.1, -0.05) is 6.92 Å². The van der Waals surface area contributed by atoms with E-state index in [9.17, 15) is 14.4 Å². The molecule has 0 radical (unpaired) electrons. The number of hydrogen-bond donors (Lipinski definition) is 2. The van der Waals surface area contributed by atoms with E-state index in [0.29, 0.717) is 17.1 Å². The van der Waals surface area contributed by atoms with E-state index in [1.165, 1.54) is 18.4 Å². The summed E-state index contributed by atoms with van der Waals surface area (Å²) in [5.41, 5.74) is 1.05. The smallest absolute Gasteiger partial charge is 0.341 e. The summed E-state index contributed by atoms with van der Waals surface area (Å²) in [5, 5.41) is 5.58. The molecule has 138 valence electrons. The lowest BCUT2D eigenvalue weighted by Crippen LogP contribution is -2.43. The number of likely N-dealkylation sites (N-methyl/N-ethyl adjacent to an activating group) is 1. The molecule has 1 aromatic rings. The SMILES string of the molecule is CCN1CCC[C@H]1CNC(=O)C(=O)Nc1sc(C)c(C)c1C(=O)OC. The van der Waals surface area contributed by atoms with Gasteiger partial charge < -0.3 is 15.4 Å². The molecule has 0 bridgehead atoms. The maximum absolute atomic E-state index is 12.2. The van der Waals surface area contributed by atoms with Crippen molar-refractivity contribution in [2.24, 2.45) is 0 Å². The molecule has 25 heavy (non-hydrogen) atoms. The largest absolute Gasteiger partial charge is 0.465 e. The number of nitrogens with zero attached hydrogens (tertiary/aromatic N) is 1. The third-order valence-corrected chi connectivity index (χ3v) is 5.73. The van der Waals surface area contributed by atoms with E-state index in [-0.39, 0.29) is 6.04 Å². The van der Waals surface area contributed by atoms with Crippen LogP contribution in [0.5, 0.6) is 0 Å². The van der Waals surface area contributed by atoms with Crippen LogP contribution in [-0.4, -0.2) is 55.5 Å². The van der Waals surface area contributed by atoms with Crippen LogP contribution in [0, 0.1) is 13.8 Å². The zero-order valence-electron chi connectivity index (χ0n) is 15.1. The molecule has 0 saturated carbocycles. The van der Waals surface area contributed by atoms with Crippen molar-refractivity contribution in [3.8, 4) is 0 Å². The first-order valence-electron chi connectivity index (χ1n) is 8.40. The molecular weight excluding hydrogens is 342 g/mol. The highest BCUT2D eigenvalue weighted by molar-refractivity contribution is 7.17. The molecule has 2 amide bonds. The van der Waals surface area contributed by atoms with E-state index < -0.39 is 17.8 Å². The van der Waals surface area contributed by atoms with Crippen LogP contribution in [-0.2, 0) is 14.3 Å². The molecule has 2 rings (SSSR count). The van der Waals surface area contributed by atoms with Gasteiger partial charge in [0.15, 0.2) is 0 Å². The molecule has 1 aromatic heterocycles. The highest BCUT2D eigenvalue weighted by Crippen LogP contribution is 2.32. The van der Waals surface area contributed by atoms with Gasteiger partial charge in [0.2, 0.25) is 0 Å². The third kappa shape index (κ3) is 4.38. The van der Waals surface area contributed by atoms with Crippen LogP contribution in [0.25, 0.3) is 0 Å². The molecule has 0 spiro atoms. The molecule has 2 N–H and O–H groups in total. The van der Waals surface area contributed by atoms with Crippen LogP contribution in [0.3, 0.4) is 0 Å². The monoisotopic (exact) mass is 367 g/mol. The zero-order chi connectivity index (χ0) is 18.6. The van der Waals surface area contributed by atoms with Gasteiger partial charge >= 0.3 is 17.8 Å². The molecule has 1 aliphatic heterocycles. The number of carbonyl (C=O) groups is 3. The van der Waals surface area contributed by atoms with Gasteiger partial charge in [0.25, 0.3) is 0 Å². The maximum Gasteiger partial charge on any atom is 0.341 e. The van der Waals surface area contributed by atoms with E-state index in [1.54, 1.807) is 6.92 Å². The summed E-state index contributed by atoms with van der Waals surface area (Å²) in [5.74, 6) is -1.99. The van der Waals surface area contributed by atoms with Crippen LogP contribution >= 0.6 is 11.3 Å². The summed E-state index contributed by atoms with van der Waals surface area (Å²) in [6, 6.07) is 0.276. The molecule has 1 aliphatic rings. The summed E-state index contributed by atoms with van der Waals surface area (Å²) in [6.45, 7) is 8.13. The molecule has 1 atom stereocenters. The van der Waals surface area contributed by atoms with E-state index in [2.05, 4.69) is 22.5 Å². The fourth-order valence-electron chi connectivity index (χ4n) is 3.06. The number of anilines is 1. The predicted molar refractivity (Wildman–Crippen MR) is 97.0 cm³/mol. The summed E-state index contributed by atoms with van der Waals surface area (Å²) >= 11 is 1.26. The number of amides is 2. The van der Waals surface area contributed by atoms with Crippen molar-refractivity contribution in [1.82, 2.24) is 10.2 Å². The Kier molecular flexibility index (Phi) is 6.55. The molecule has 1 fully saturated rings. The summed E-state index contributed by atoms with van der Waals surface area (Å²) in [7, 11) is 1.29. The van der Waals surface area contributed by atoms with Crippen LogP contribution in [0.2, 0.25) is 0 Å². The molecule has 8 heteroatoms. The second kappa shape index (κ2) is 8.44. The van der Waals surface area contributed by atoms with Crippen molar-refractivity contribution in [3.05, 3.63) is 16.0 Å². The Morgan fingerprint density at radius 2 is 2.00 bits per heavy atom. The van der Waals surface area contributed by atoms with Crippen LogP contribution < -0.4 is 10.6 Å². The quantitative estimate of drug-likeness (QED) is 0.611. The van der Waals surface area contributed by atoms with Crippen LogP contribution in [0.15, 0.2) is 0 Å². The Balaban J connectivity index is 1.98. The number of methoxy groups -OCH3 is 1. The van der Waals surface area contributed by atoms with Gasteiger partial charge in [0.1, 0.15) is 5.00 Å². The minimum absolute atomic E-state index is 0.276. The summed E-state index contributed by atoms with van der Waals surface area (Å²) < 4.78 is 4.76. The average Bonchev–Trinajstić information content (AvgIpc) is 3.16. The highest BCUT2D eigenvalue weighted by atomic mass is 32.1. The van der Waals surface area contributed by atoms with E-state index in [4.69, 9.17) is 4.74 Å². The molecule has 0 aliphatic carbocycles. The predicted octanol–water partition coefficient (Wildman–Crippen LogP) is 1.69. The first-order valence-corrected chi connectivity index (χ1v) is 9.22. The lowest BCUT2D eigenvalue weighted by atomic mass is 10.1. The van der Waals surface area contributed by atoms with Crippen molar-refractivity contribution in [2.45, 2.75) is 39.7 Å². The Bertz CT molecular complexity index is 671. The molecule has 0 aromatic carbocycles. The first kappa shape index (κ1) is 19.4. The van der Waals surface area contributed by atoms with Gasteiger partial charge in [-0.25, -0.2) is 4.79 Å². The molecule has 1 saturated heterocycles. The van der Waals surface area contributed by atoms with Crippen LogP contribution in [0.1, 0.15) is 40.6 Å². The van der Waals surface area contributed by atoms with Gasteiger partial charge in [-0.2, -0.15) is 0 Å². The van der Waals surface area contributed by atoms with Crippen molar-refractivity contribution in [1.29, 1.82) is 0 Å². The fourth-order valence-corrected chi connectivity index (χ4v) is 4.10. The maximum atomic E-state index is 12.2. The van der Waals surface area contributed by atoms with E-state index >= 15 is 0 Å². The van der Waals surface area contributed by atoms with Crippen molar-refractivity contribution >= 4 is 34.1 Å². The van der Waals surface area contributed by atoms with Gasteiger partial charge in [-0.15, -0.1) is 11.3 Å². The number of thiophene rings is 1. The summed E-state index contributed by atoms with van der Waals surface area (Å²) in [6.07, 6.45) is 2.13. The average molecular weight is 367 g/mol. The van der Waals surface area contributed by atoms with E-state index in [0.717, 1.165) is 36.4 Å². The fraction of sp³-hybridized carbons (Fsp3) is 0.588. The molecule has 0 unspecified atom stereocenters. The number of esters is 1. The Labute approximate surface area is 151 Å². The lowest BCUT2D eigenvalue weighted by molar-refractivity contribution is -0.136. The second-order valence-electron chi connectivity index (χ2n) is 6.07. The zero-order valence-corrected chi connectivity index (χ0v) is 15.9. The minimum Gasteiger partial charge on any atom is -0.465 e. The number of ether oxygens (including phenoxy) is 1. The topological polar surface area (TPSA) is 87.7 Å². The number of hydrogen-bond acceptors (Lipinski definition) is 6. The standard InChI is InChI=1S/C17H25N3O4S/c1-5-20-8-6-7-12(20)9-18-14(21)15(22)19-16-13(17(23)24-4)10(2)11(3)25-16/h12H,5-9H2,1-4H3,(H,18,21)(H,19,22)/t12-/m0/s1. The van der Waals surface area contributed by atoms with Gasteiger partial charge in [-0.3, -0.25) is 14.5 Å². The number of aryl methyl sites for hydroxylation is 1. The number of carbonyl (C=O) groups excluding carboxylic acids is 3. The third-order valence-electron chi connectivity index (χ3n) is 4.61. The summed E-state index contributed by atoms with van der Waals surface area (Å²) in [4.78, 5) is 39.4. The molecule has 2 heterocycles. The van der Waals surface area contributed by atoms with Crippen molar-refractivity contribution < 1.29 is 19.1 Å². The lowest BCUT2D eigenvalue weighted by Gasteiger charge is -2.22. The first-order chi connectivity index (χ1) is 11.9. The molecule has 7 nitrogen and oxygen atoms in total. The number of nitrogens with one attached hydrogen (secondary N) is 2. The van der Waals surface area contributed by atoms with Gasteiger partial charge in [0.05, 0.1) is 12.7 Å². The Morgan fingerprint density at radius 3 is 2.64 bits per heavy atom. The van der Waals surface area contributed by atoms with Crippen molar-refractivity contribution in [2.75, 3.05) is 32.1 Å². The highest BCUT2D eigenvalue weighted by Gasteiger charge is 2.26. The van der Waals surface area contributed by atoms with Crippen molar-refractivity contribution in [3.63, 3.8) is 0 Å². The normalized spacial score (nSPS) is 17.4. The number of rotatable bonds is 5. The van der Waals surface area contributed by atoms with E-state index in [1.807, 2.05) is 6.92 Å². The second-order valence-corrected chi connectivity index (χ2v) is 7.29.